The highest BCUT2D eigenvalue weighted by atomic mass is 16.5. The summed E-state index contributed by atoms with van der Waals surface area (Å²) in [6, 6.07) is 10.9. The first-order valence-electron chi connectivity index (χ1n) is 8.12. The van der Waals surface area contributed by atoms with E-state index in [9.17, 15) is 0 Å². The molecule has 2 nitrogen and oxygen atoms in total. The Balaban J connectivity index is 2.67. The van der Waals surface area contributed by atoms with E-state index in [1.807, 2.05) is 0 Å². The van der Waals surface area contributed by atoms with Crippen LogP contribution in [0.4, 0.5) is 0 Å². The van der Waals surface area contributed by atoms with Crippen LogP contribution in [-0.4, -0.2) is 19.3 Å². The largest absolute Gasteiger partial charge is 0.376 e. The van der Waals surface area contributed by atoms with E-state index in [0.29, 0.717) is 12.0 Å². The van der Waals surface area contributed by atoms with Crippen LogP contribution in [0.15, 0.2) is 30.3 Å². The maximum atomic E-state index is 6.21. The average Bonchev–Trinajstić information content (AvgIpc) is 2.48. The summed E-state index contributed by atoms with van der Waals surface area (Å²) in [6.07, 6.45) is 3.76. The number of ether oxygens (including phenoxy) is 1. The van der Waals surface area contributed by atoms with Gasteiger partial charge in [-0.25, -0.2) is 0 Å². The minimum Gasteiger partial charge on any atom is -0.376 e. The zero-order chi connectivity index (χ0) is 14.8. The molecule has 1 N–H and O–H groups in total. The van der Waals surface area contributed by atoms with Gasteiger partial charge in [0.05, 0.1) is 12.1 Å². The molecule has 1 aromatic carbocycles. The van der Waals surface area contributed by atoms with E-state index in [2.05, 4.69) is 63.3 Å². The molecule has 0 amide bonds. The first-order valence-corrected chi connectivity index (χ1v) is 8.12. The number of likely N-dealkylation sites (N-methyl/N-ethyl adjacent to an activating group) is 1. The standard InChI is InChI=1S/C18H31NO/c1-5-11-15(4)14-20-17(6-2)18(19-7-3)16-12-9-8-10-13-16/h8-10,12-13,15,17-19H,5-7,11,14H2,1-4H3. The molecule has 0 fully saturated rings. The molecule has 20 heavy (non-hydrogen) atoms. The number of benzene rings is 1. The SMILES string of the molecule is CCCC(C)COC(CC)C(NCC)c1ccccc1. The van der Waals surface area contributed by atoms with E-state index >= 15 is 0 Å². The van der Waals surface area contributed by atoms with Gasteiger partial charge in [0.15, 0.2) is 0 Å². The Hall–Kier alpha value is -0.860. The van der Waals surface area contributed by atoms with E-state index in [4.69, 9.17) is 4.74 Å². The highest BCUT2D eigenvalue weighted by molar-refractivity contribution is 5.20. The minimum absolute atomic E-state index is 0.247. The second-order valence-corrected chi connectivity index (χ2v) is 5.62. The molecule has 0 bridgehead atoms. The second-order valence-electron chi connectivity index (χ2n) is 5.62. The third kappa shape index (κ3) is 5.64. The zero-order valence-electron chi connectivity index (χ0n) is 13.6. The summed E-state index contributed by atoms with van der Waals surface area (Å²) in [4.78, 5) is 0. The van der Waals surface area contributed by atoms with Crippen LogP contribution in [0.1, 0.15) is 58.6 Å². The average molecular weight is 277 g/mol. The molecule has 1 rings (SSSR count). The van der Waals surface area contributed by atoms with E-state index in [0.717, 1.165) is 19.6 Å². The van der Waals surface area contributed by atoms with Crippen molar-refractivity contribution in [2.45, 2.75) is 59.1 Å². The molecule has 0 aliphatic heterocycles. The van der Waals surface area contributed by atoms with E-state index in [-0.39, 0.29) is 6.10 Å². The quantitative estimate of drug-likeness (QED) is 0.676. The summed E-state index contributed by atoms with van der Waals surface area (Å²) in [6.45, 7) is 10.7. The van der Waals surface area contributed by atoms with E-state index in [1.54, 1.807) is 0 Å². The van der Waals surface area contributed by atoms with Crippen molar-refractivity contribution in [1.82, 2.24) is 5.32 Å². The van der Waals surface area contributed by atoms with Crippen LogP contribution in [0.25, 0.3) is 0 Å². The molecule has 0 heterocycles. The lowest BCUT2D eigenvalue weighted by Gasteiger charge is -2.28. The van der Waals surface area contributed by atoms with Gasteiger partial charge in [-0.3, -0.25) is 0 Å². The highest BCUT2D eigenvalue weighted by Gasteiger charge is 2.22. The predicted octanol–water partition coefficient (Wildman–Crippen LogP) is 4.57. The van der Waals surface area contributed by atoms with Gasteiger partial charge in [0.2, 0.25) is 0 Å². The molecule has 0 spiro atoms. The second kappa shape index (κ2) is 9.95. The molecule has 0 aliphatic rings. The molecular weight excluding hydrogens is 246 g/mol. The Morgan fingerprint density at radius 1 is 1.10 bits per heavy atom. The summed E-state index contributed by atoms with van der Waals surface area (Å²) in [5.74, 6) is 0.645. The molecule has 0 radical (unpaired) electrons. The zero-order valence-corrected chi connectivity index (χ0v) is 13.6. The van der Waals surface area contributed by atoms with Gasteiger partial charge in [0.1, 0.15) is 0 Å². The first kappa shape index (κ1) is 17.2. The Kier molecular flexibility index (Phi) is 8.56. The summed E-state index contributed by atoms with van der Waals surface area (Å²) < 4.78 is 6.21. The molecule has 0 saturated heterocycles. The number of nitrogens with one attached hydrogen (secondary N) is 1. The minimum atomic E-state index is 0.247. The predicted molar refractivity (Wildman–Crippen MR) is 87.0 cm³/mol. The molecule has 0 aromatic heterocycles. The van der Waals surface area contributed by atoms with Gasteiger partial charge >= 0.3 is 0 Å². The van der Waals surface area contributed by atoms with Gasteiger partial charge in [-0.1, -0.05) is 64.4 Å². The fraction of sp³-hybridized carbons (Fsp3) is 0.667. The van der Waals surface area contributed by atoms with Gasteiger partial charge in [0, 0.05) is 6.61 Å². The van der Waals surface area contributed by atoms with E-state index < -0.39 is 0 Å². The maximum absolute atomic E-state index is 6.21. The van der Waals surface area contributed by atoms with Crippen molar-refractivity contribution in [3.8, 4) is 0 Å². The summed E-state index contributed by atoms with van der Waals surface area (Å²) in [5.41, 5.74) is 1.32. The van der Waals surface area contributed by atoms with E-state index in [1.165, 1.54) is 18.4 Å². The van der Waals surface area contributed by atoms with Gasteiger partial charge in [-0.15, -0.1) is 0 Å². The molecule has 3 unspecified atom stereocenters. The lowest BCUT2D eigenvalue weighted by Crippen LogP contribution is -2.34. The van der Waals surface area contributed by atoms with Crippen molar-refractivity contribution in [2.24, 2.45) is 5.92 Å². The molecule has 1 aromatic rings. The van der Waals surface area contributed by atoms with Crippen LogP contribution in [0, 0.1) is 5.92 Å². The fourth-order valence-electron chi connectivity index (χ4n) is 2.66. The van der Waals surface area contributed by atoms with Crippen molar-refractivity contribution < 1.29 is 4.74 Å². The molecular formula is C18H31NO. The van der Waals surface area contributed by atoms with Crippen molar-refractivity contribution in [3.63, 3.8) is 0 Å². The van der Waals surface area contributed by atoms with Gasteiger partial charge in [-0.2, -0.15) is 0 Å². The third-order valence-electron chi connectivity index (χ3n) is 3.73. The summed E-state index contributed by atoms with van der Waals surface area (Å²) >= 11 is 0. The van der Waals surface area contributed by atoms with Crippen LogP contribution < -0.4 is 5.32 Å². The maximum Gasteiger partial charge on any atom is 0.0767 e. The van der Waals surface area contributed by atoms with Gasteiger partial charge in [-0.05, 0) is 30.9 Å². The van der Waals surface area contributed by atoms with Gasteiger partial charge < -0.3 is 10.1 Å². The molecule has 2 heteroatoms. The van der Waals surface area contributed by atoms with Crippen LogP contribution in [-0.2, 0) is 4.74 Å². The normalized spacial score (nSPS) is 15.8. The molecule has 0 saturated carbocycles. The monoisotopic (exact) mass is 277 g/mol. The Morgan fingerprint density at radius 2 is 1.80 bits per heavy atom. The topological polar surface area (TPSA) is 21.3 Å². The van der Waals surface area contributed by atoms with Crippen molar-refractivity contribution in [1.29, 1.82) is 0 Å². The summed E-state index contributed by atoms with van der Waals surface area (Å²) in [7, 11) is 0. The summed E-state index contributed by atoms with van der Waals surface area (Å²) in [5, 5.41) is 3.58. The van der Waals surface area contributed by atoms with Crippen LogP contribution >= 0.6 is 0 Å². The van der Waals surface area contributed by atoms with Gasteiger partial charge in [0.25, 0.3) is 0 Å². The number of hydrogen-bond acceptors (Lipinski definition) is 2. The van der Waals surface area contributed by atoms with Crippen molar-refractivity contribution >= 4 is 0 Å². The third-order valence-corrected chi connectivity index (χ3v) is 3.73. The van der Waals surface area contributed by atoms with Crippen LogP contribution in [0.3, 0.4) is 0 Å². The Labute approximate surface area is 124 Å². The lowest BCUT2D eigenvalue weighted by atomic mass is 9.99. The Bertz CT molecular complexity index is 339. The molecule has 114 valence electrons. The van der Waals surface area contributed by atoms with Crippen molar-refractivity contribution in [3.05, 3.63) is 35.9 Å². The molecule has 3 atom stereocenters. The Morgan fingerprint density at radius 3 is 2.35 bits per heavy atom. The number of rotatable bonds is 10. The molecule has 0 aliphatic carbocycles. The van der Waals surface area contributed by atoms with Crippen LogP contribution in [0.2, 0.25) is 0 Å². The first-order chi connectivity index (χ1) is 9.72. The smallest absolute Gasteiger partial charge is 0.0767 e. The van der Waals surface area contributed by atoms with Crippen molar-refractivity contribution in [2.75, 3.05) is 13.2 Å². The lowest BCUT2D eigenvalue weighted by molar-refractivity contribution is 0.00492. The number of hydrogen-bond donors (Lipinski definition) is 1. The fourth-order valence-corrected chi connectivity index (χ4v) is 2.66. The highest BCUT2D eigenvalue weighted by Crippen LogP contribution is 2.22. The van der Waals surface area contributed by atoms with Crippen LogP contribution in [0.5, 0.6) is 0 Å².